The smallest absolute Gasteiger partial charge is 0.262 e. The number of amides is 1. The number of hydrogen-bond donors (Lipinski definition) is 2. The molecule has 1 heterocycles. The van der Waals surface area contributed by atoms with Gasteiger partial charge in [-0.3, -0.25) is 4.79 Å². The van der Waals surface area contributed by atoms with Crippen LogP contribution in [0.1, 0.15) is 11.3 Å². The molecule has 3 rings (SSSR count). The van der Waals surface area contributed by atoms with Crippen LogP contribution in [0.3, 0.4) is 0 Å². The first-order valence-corrected chi connectivity index (χ1v) is 8.24. The minimum atomic E-state index is -0.208. The van der Waals surface area contributed by atoms with Crippen LogP contribution in [-0.2, 0) is 4.79 Å². The molecule has 2 N–H and O–H groups in total. The molecule has 0 saturated carbocycles. The normalized spacial score (nSPS) is 10.2. The Morgan fingerprint density at radius 2 is 1.73 bits per heavy atom. The summed E-state index contributed by atoms with van der Waals surface area (Å²) < 4.78 is 5.55. The molecular formula is C20H20N4O2. The van der Waals surface area contributed by atoms with E-state index in [4.69, 9.17) is 4.74 Å². The van der Waals surface area contributed by atoms with Gasteiger partial charge in [0.15, 0.2) is 6.61 Å². The van der Waals surface area contributed by atoms with Crippen LogP contribution in [-0.4, -0.2) is 22.5 Å². The number of aryl methyl sites for hydroxylation is 2. The van der Waals surface area contributed by atoms with Crippen LogP contribution in [0.2, 0.25) is 0 Å². The average Bonchev–Trinajstić information content (AvgIpc) is 2.63. The third-order valence-electron chi connectivity index (χ3n) is 3.70. The van der Waals surface area contributed by atoms with Gasteiger partial charge in [-0.15, -0.1) is 0 Å². The highest BCUT2D eigenvalue weighted by Crippen LogP contribution is 2.18. The van der Waals surface area contributed by atoms with Gasteiger partial charge in [-0.25, -0.2) is 9.97 Å². The molecular weight excluding hydrogens is 328 g/mol. The molecule has 3 aromatic rings. The number of ether oxygens (including phenoxy) is 1. The Bertz CT molecular complexity index is 894. The van der Waals surface area contributed by atoms with Gasteiger partial charge in [-0.2, -0.15) is 0 Å². The first-order chi connectivity index (χ1) is 12.6. The molecule has 0 aliphatic rings. The second-order valence-electron chi connectivity index (χ2n) is 5.85. The Balaban J connectivity index is 1.53. The van der Waals surface area contributed by atoms with Gasteiger partial charge in [-0.05, 0) is 49.7 Å². The quantitative estimate of drug-likeness (QED) is 0.707. The Morgan fingerprint density at radius 1 is 1.00 bits per heavy atom. The molecule has 0 aliphatic heterocycles. The fraction of sp³-hybridized carbons (Fsp3) is 0.150. The molecule has 0 saturated heterocycles. The second-order valence-corrected chi connectivity index (χ2v) is 5.85. The van der Waals surface area contributed by atoms with E-state index in [2.05, 4.69) is 20.6 Å². The zero-order chi connectivity index (χ0) is 18.4. The number of benzene rings is 2. The molecule has 132 valence electrons. The minimum Gasteiger partial charge on any atom is -0.483 e. The van der Waals surface area contributed by atoms with Crippen LogP contribution in [0.4, 0.5) is 17.2 Å². The van der Waals surface area contributed by atoms with E-state index in [1.54, 1.807) is 0 Å². The van der Waals surface area contributed by atoms with Crippen LogP contribution in [0.15, 0.2) is 60.9 Å². The van der Waals surface area contributed by atoms with E-state index in [0.717, 1.165) is 22.8 Å². The van der Waals surface area contributed by atoms with Crippen molar-refractivity contribution in [2.24, 2.45) is 0 Å². The Kier molecular flexibility index (Phi) is 5.43. The van der Waals surface area contributed by atoms with Crippen LogP contribution in [0, 0.1) is 13.8 Å². The van der Waals surface area contributed by atoms with E-state index in [1.807, 2.05) is 68.4 Å². The topological polar surface area (TPSA) is 76.1 Å². The molecule has 0 atom stereocenters. The van der Waals surface area contributed by atoms with Gasteiger partial charge in [0.25, 0.3) is 5.91 Å². The third-order valence-corrected chi connectivity index (χ3v) is 3.70. The molecule has 0 spiro atoms. The minimum absolute atomic E-state index is 0.0366. The molecule has 26 heavy (non-hydrogen) atoms. The maximum atomic E-state index is 12.0. The van der Waals surface area contributed by atoms with Crippen LogP contribution < -0.4 is 15.4 Å². The molecule has 1 amide bonds. The van der Waals surface area contributed by atoms with Crippen molar-refractivity contribution in [3.8, 4) is 5.75 Å². The van der Waals surface area contributed by atoms with E-state index in [0.29, 0.717) is 11.4 Å². The fourth-order valence-electron chi connectivity index (χ4n) is 2.37. The highest BCUT2D eigenvalue weighted by Gasteiger charge is 2.05. The van der Waals surface area contributed by atoms with Crippen LogP contribution in [0.25, 0.3) is 0 Å². The predicted octanol–water partition coefficient (Wildman–Crippen LogP) is 3.85. The van der Waals surface area contributed by atoms with Crippen LogP contribution in [0.5, 0.6) is 5.75 Å². The number of carbonyl (C=O) groups is 1. The highest BCUT2D eigenvalue weighted by atomic mass is 16.5. The Hall–Kier alpha value is -3.41. The SMILES string of the molecule is Cc1cc(Nc2ccc(NC(=O)COc3ccccc3C)cc2)ncn1. The molecule has 6 nitrogen and oxygen atoms in total. The summed E-state index contributed by atoms with van der Waals surface area (Å²) in [4.78, 5) is 20.3. The molecule has 2 aromatic carbocycles. The van der Waals surface area contributed by atoms with Gasteiger partial charge in [-0.1, -0.05) is 18.2 Å². The molecule has 0 fully saturated rings. The van der Waals surface area contributed by atoms with E-state index >= 15 is 0 Å². The average molecular weight is 348 g/mol. The molecule has 0 radical (unpaired) electrons. The monoisotopic (exact) mass is 348 g/mol. The van der Waals surface area contributed by atoms with E-state index in [1.165, 1.54) is 6.33 Å². The van der Waals surface area contributed by atoms with E-state index in [9.17, 15) is 4.79 Å². The van der Waals surface area contributed by atoms with E-state index in [-0.39, 0.29) is 12.5 Å². The van der Waals surface area contributed by atoms with Gasteiger partial charge < -0.3 is 15.4 Å². The standard InChI is InChI=1S/C20H20N4O2/c1-14-5-3-4-6-18(14)26-12-20(25)24-17-9-7-16(8-10-17)23-19-11-15(2)21-13-22-19/h3-11,13H,12H2,1-2H3,(H,24,25)(H,21,22,23). The lowest BCUT2D eigenvalue weighted by molar-refractivity contribution is -0.118. The van der Waals surface area contributed by atoms with Gasteiger partial charge >= 0.3 is 0 Å². The lowest BCUT2D eigenvalue weighted by atomic mass is 10.2. The summed E-state index contributed by atoms with van der Waals surface area (Å²) in [5.74, 6) is 1.23. The summed E-state index contributed by atoms with van der Waals surface area (Å²) in [6.45, 7) is 3.81. The van der Waals surface area contributed by atoms with Gasteiger partial charge in [0.1, 0.15) is 17.9 Å². The first-order valence-electron chi connectivity index (χ1n) is 8.24. The van der Waals surface area contributed by atoms with Gasteiger partial charge in [0, 0.05) is 23.1 Å². The number of nitrogens with one attached hydrogen (secondary N) is 2. The number of anilines is 3. The predicted molar refractivity (Wildman–Crippen MR) is 102 cm³/mol. The number of aromatic nitrogens is 2. The summed E-state index contributed by atoms with van der Waals surface area (Å²) in [6, 6.07) is 16.8. The summed E-state index contributed by atoms with van der Waals surface area (Å²) in [5, 5.41) is 6.00. The highest BCUT2D eigenvalue weighted by molar-refractivity contribution is 5.92. The van der Waals surface area contributed by atoms with Crippen molar-refractivity contribution in [3.05, 3.63) is 72.2 Å². The molecule has 6 heteroatoms. The first kappa shape index (κ1) is 17.4. The summed E-state index contributed by atoms with van der Waals surface area (Å²) in [5.41, 5.74) is 3.46. The summed E-state index contributed by atoms with van der Waals surface area (Å²) >= 11 is 0. The molecule has 0 bridgehead atoms. The van der Waals surface area contributed by atoms with Gasteiger partial charge in [0.05, 0.1) is 0 Å². The number of carbonyl (C=O) groups excluding carboxylic acids is 1. The van der Waals surface area contributed by atoms with Crippen molar-refractivity contribution in [2.45, 2.75) is 13.8 Å². The second kappa shape index (κ2) is 8.11. The lowest BCUT2D eigenvalue weighted by Crippen LogP contribution is -2.20. The Morgan fingerprint density at radius 3 is 2.46 bits per heavy atom. The van der Waals surface area contributed by atoms with Crippen molar-refractivity contribution in [3.63, 3.8) is 0 Å². The van der Waals surface area contributed by atoms with Crippen molar-refractivity contribution >= 4 is 23.1 Å². The molecule has 1 aromatic heterocycles. The number of para-hydroxylation sites is 1. The largest absolute Gasteiger partial charge is 0.483 e. The summed E-state index contributed by atoms with van der Waals surface area (Å²) in [7, 11) is 0. The van der Waals surface area contributed by atoms with Crippen molar-refractivity contribution in [2.75, 3.05) is 17.2 Å². The molecule has 0 unspecified atom stereocenters. The maximum Gasteiger partial charge on any atom is 0.262 e. The van der Waals surface area contributed by atoms with E-state index < -0.39 is 0 Å². The zero-order valence-corrected chi connectivity index (χ0v) is 14.7. The Labute approximate surface area is 152 Å². The third kappa shape index (κ3) is 4.80. The maximum absolute atomic E-state index is 12.0. The number of hydrogen-bond acceptors (Lipinski definition) is 5. The van der Waals surface area contributed by atoms with Crippen molar-refractivity contribution in [1.29, 1.82) is 0 Å². The number of nitrogens with zero attached hydrogens (tertiary/aromatic N) is 2. The van der Waals surface area contributed by atoms with Gasteiger partial charge in [0.2, 0.25) is 0 Å². The molecule has 0 aliphatic carbocycles. The summed E-state index contributed by atoms with van der Waals surface area (Å²) in [6.07, 6.45) is 1.51. The number of rotatable bonds is 6. The van der Waals surface area contributed by atoms with Crippen molar-refractivity contribution in [1.82, 2.24) is 9.97 Å². The fourth-order valence-corrected chi connectivity index (χ4v) is 2.37. The van der Waals surface area contributed by atoms with Crippen molar-refractivity contribution < 1.29 is 9.53 Å². The lowest BCUT2D eigenvalue weighted by Gasteiger charge is -2.10. The zero-order valence-electron chi connectivity index (χ0n) is 14.7. The van der Waals surface area contributed by atoms with Crippen LogP contribution >= 0.6 is 0 Å².